The molecule has 1 atom stereocenters. The summed E-state index contributed by atoms with van der Waals surface area (Å²) >= 11 is 0. The fourth-order valence-electron chi connectivity index (χ4n) is 1.47. The predicted molar refractivity (Wildman–Crippen MR) is 56.7 cm³/mol. The second-order valence-electron chi connectivity index (χ2n) is 3.53. The fraction of sp³-hybridized carbons (Fsp3) is 0.364. The molecule has 0 aromatic heterocycles. The summed E-state index contributed by atoms with van der Waals surface area (Å²) in [6.07, 6.45) is -0.388. The molecule has 0 bridgehead atoms. The van der Waals surface area contributed by atoms with Gasteiger partial charge in [-0.05, 0) is 24.5 Å². The van der Waals surface area contributed by atoms with Crippen LogP contribution >= 0.6 is 0 Å². The Kier molecular flexibility index (Phi) is 4.12. The van der Waals surface area contributed by atoms with Crippen molar-refractivity contribution in [3.63, 3.8) is 0 Å². The van der Waals surface area contributed by atoms with Crippen LogP contribution in [0.15, 0.2) is 24.3 Å². The van der Waals surface area contributed by atoms with Crippen molar-refractivity contribution < 1.29 is 15.0 Å². The van der Waals surface area contributed by atoms with Gasteiger partial charge in [0.1, 0.15) is 0 Å². The molecule has 0 heterocycles. The van der Waals surface area contributed by atoms with Crippen molar-refractivity contribution in [2.75, 3.05) is 0 Å². The van der Waals surface area contributed by atoms with Gasteiger partial charge in [0, 0.05) is 6.04 Å². The zero-order valence-corrected chi connectivity index (χ0v) is 8.60. The van der Waals surface area contributed by atoms with E-state index in [0.29, 0.717) is 6.42 Å². The molecule has 1 aromatic carbocycles. The van der Waals surface area contributed by atoms with E-state index in [1.807, 2.05) is 24.3 Å². The van der Waals surface area contributed by atoms with Crippen LogP contribution in [0.2, 0.25) is 0 Å². The SMILES string of the molecule is CC(Cc1cccc(CO)c1)NC(=O)O. The number of aliphatic hydroxyl groups excluding tert-OH is 1. The lowest BCUT2D eigenvalue weighted by Gasteiger charge is -2.11. The van der Waals surface area contributed by atoms with E-state index >= 15 is 0 Å². The first-order valence-corrected chi connectivity index (χ1v) is 4.80. The van der Waals surface area contributed by atoms with Crippen LogP contribution in [-0.2, 0) is 13.0 Å². The number of nitrogens with one attached hydrogen (secondary N) is 1. The Morgan fingerprint density at radius 1 is 1.47 bits per heavy atom. The summed E-state index contributed by atoms with van der Waals surface area (Å²) in [5, 5.41) is 19.8. The maximum Gasteiger partial charge on any atom is 0.404 e. The topological polar surface area (TPSA) is 69.6 Å². The van der Waals surface area contributed by atoms with Crippen molar-refractivity contribution in [2.45, 2.75) is 26.0 Å². The van der Waals surface area contributed by atoms with Gasteiger partial charge in [-0.3, -0.25) is 0 Å². The smallest absolute Gasteiger partial charge is 0.404 e. The molecule has 0 saturated heterocycles. The minimum Gasteiger partial charge on any atom is -0.465 e. The van der Waals surface area contributed by atoms with Crippen LogP contribution in [0.4, 0.5) is 4.79 Å². The van der Waals surface area contributed by atoms with Crippen molar-refractivity contribution in [1.82, 2.24) is 5.32 Å². The van der Waals surface area contributed by atoms with E-state index in [-0.39, 0.29) is 12.6 Å². The highest BCUT2D eigenvalue weighted by Gasteiger charge is 2.06. The molecule has 0 radical (unpaired) electrons. The zero-order chi connectivity index (χ0) is 11.3. The molecular formula is C11H15NO3. The van der Waals surface area contributed by atoms with Crippen molar-refractivity contribution in [1.29, 1.82) is 0 Å². The van der Waals surface area contributed by atoms with Gasteiger partial charge in [0.05, 0.1) is 6.61 Å². The highest BCUT2D eigenvalue weighted by molar-refractivity contribution is 5.64. The monoisotopic (exact) mass is 209 g/mol. The van der Waals surface area contributed by atoms with Crippen molar-refractivity contribution in [3.8, 4) is 0 Å². The van der Waals surface area contributed by atoms with Gasteiger partial charge in [0.15, 0.2) is 0 Å². The van der Waals surface area contributed by atoms with Crippen LogP contribution in [0.25, 0.3) is 0 Å². The van der Waals surface area contributed by atoms with Gasteiger partial charge in [0.2, 0.25) is 0 Å². The minimum absolute atomic E-state index is 0.00851. The van der Waals surface area contributed by atoms with Crippen LogP contribution in [-0.4, -0.2) is 22.3 Å². The van der Waals surface area contributed by atoms with E-state index in [2.05, 4.69) is 5.32 Å². The number of hydrogen-bond donors (Lipinski definition) is 3. The molecule has 0 aliphatic carbocycles. The first-order chi connectivity index (χ1) is 7.11. The molecule has 0 aliphatic heterocycles. The summed E-state index contributed by atoms with van der Waals surface area (Å²) in [7, 11) is 0. The summed E-state index contributed by atoms with van der Waals surface area (Å²) in [6, 6.07) is 7.35. The third-order valence-electron chi connectivity index (χ3n) is 2.09. The lowest BCUT2D eigenvalue weighted by atomic mass is 10.0. The average Bonchev–Trinajstić information content (AvgIpc) is 2.16. The molecule has 0 spiro atoms. The first kappa shape index (κ1) is 11.5. The molecule has 3 N–H and O–H groups in total. The van der Waals surface area contributed by atoms with E-state index in [0.717, 1.165) is 11.1 Å². The third-order valence-corrected chi connectivity index (χ3v) is 2.09. The van der Waals surface area contributed by atoms with E-state index in [9.17, 15) is 4.79 Å². The van der Waals surface area contributed by atoms with Crippen molar-refractivity contribution in [2.24, 2.45) is 0 Å². The highest BCUT2D eigenvalue weighted by atomic mass is 16.4. The number of rotatable bonds is 4. The van der Waals surface area contributed by atoms with Crippen molar-refractivity contribution in [3.05, 3.63) is 35.4 Å². The molecule has 82 valence electrons. The lowest BCUT2D eigenvalue weighted by molar-refractivity contribution is 0.190. The van der Waals surface area contributed by atoms with Crippen molar-refractivity contribution >= 4 is 6.09 Å². The second-order valence-corrected chi connectivity index (χ2v) is 3.53. The molecule has 0 aliphatic rings. The highest BCUT2D eigenvalue weighted by Crippen LogP contribution is 2.07. The predicted octanol–water partition coefficient (Wildman–Crippen LogP) is 1.38. The Morgan fingerprint density at radius 2 is 2.13 bits per heavy atom. The summed E-state index contributed by atoms with van der Waals surface area (Å²) < 4.78 is 0. The number of benzene rings is 1. The van der Waals surface area contributed by atoms with E-state index < -0.39 is 6.09 Å². The molecule has 0 saturated carbocycles. The number of aliphatic hydroxyl groups is 1. The quantitative estimate of drug-likeness (QED) is 0.701. The summed E-state index contributed by atoms with van der Waals surface area (Å²) in [5.41, 5.74) is 1.86. The van der Waals surface area contributed by atoms with Crippen LogP contribution in [0.3, 0.4) is 0 Å². The Balaban J connectivity index is 2.59. The van der Waals surface area contributed by atoms with Gasteiger partial charge in [0.25, 0.3) is 0 Å². The van der Waals surface area contributed by atoms with Crippen LogP contribution < -0.4 is 5.32 Å². The van der Waals surface area contributed by atoms with Gasteiger partial charge in [-0.1, -0.05) is 24.3 Å². The van der Waals surface area contributed by atoms with E-state index in [4.69, 9.17) is 10.2 Å². The number of amides is 1. The molecule has 1 rings (SSSR count). The summed E-state index contributed by atoms with van der Waals surface area (Å²) in [6.45, 7) is 1.81. The standard InChI is InChI=1S/C11H15NO3/c1-8(12-11(14)15)5-9-3-2-4-10(6-9)7-13/h2-4,6,8,12-13H,5,7H2,1H3,(H,14,15). The Bertz CT molecular complexity index is 338. The Labute approximate surface area is 88.6 Å². The molecule has 4 heteroatoms. The van der Waals surface area contributed by atoms with Gasteiger partial charge in [-0.2, -0.15) is 0 Å². The molecule has 1 unspecified atom stereocenters. The maximum atomic E-state index is 10.4. The first-order valence-electron chi connectivity index (χ1n) is 4.80. The number of hydrogen-bond acceptors (Lipinski definition) is 2. The summed E-state index contributed by atoms with van der Waals surface area (Å²) in [4.78, 5) is 10.4. The lowest BCUT2D eigenvalue weighted by Crippen LogP contribution is -2.32. The Hall–Kier alpha value is -1.55. The van der Waals surface area contributed by atoms with Gasteiger partial charge in [-0.15, -0.1) is 0 Å². The van der Waals surface area contributed by atoms with Gasteiger partial charge >= 0.3 is 6.09 Å². The second kappa shape index (κ2) is 5.36. The molecular weight excluding hydrogens is 194 g/mol. The fourth-order valence-corrected chi connectivity index (χ4v) is 1.47. The largest absolute Gasteiger partial charge is 0.465 e. The molecule has 1 amide bonds. The molecule has 1 aromatic rings. The number of carboxylic acid groups (broad SMARTS) is 1. The van der Waals surface area contributed by atoms with Crippen LogP contribution in [0.5, 0.6) is 0 Å². The minimum atomic E-state index is -1.01. The zero-order valence-electron chi connectivity index (χ0n) is 8.60. The van der Waals surface area contributed by atoms with Crippen LogP contribution in [0, 0.1) is 0 Å². The number of carbonyl (C=O) groups is 1. The van der Waals surface area contributed by atoms with E-state index in [1.54, 1.807) is 6.92 Å². The molecule has 4 nitrogen and oxygen atoms in total. The van der Waals surface area contributed by atoms with Gasteiger partial charge in [-0.25, -0.2) is 4.79 Å². The van der Waals surface area contributed by atoms with E-state index in [1.165, 1.54) is 0 Å². The summed E-state index contributed by atoms with van der Waals surface area (Å²) in [5.74, 6) is 0. The third kappa shape index (κ3) is 3.99. The molecule has 15 heavy (non-hydrogen) atoms. The molecule has 0 fully saturated rings. The van der Waals surface area contributed by atoms with Crippen LogP contribution in [0.1, 0.15) is 18.1 Å². The normalized spacial score (nSPS) is 12.1. The van der Waals surface area contributed by atoms with Gasteiger partial charge < -0.3 is 15.5 Å². The average molecular weight is 209 g/mol. The Morgan fingerprint density at radius 3 is 2.73 bits per heavy atom. The maximum absolute atomic E-state index is 10.4.